The Morgan fingerprint density at radius 1 is 0.848 bits per heavy atom. The SMILES string of the molecule is CC(=N)/C(=C1/N=C(c2cccc(CCCCCCCNCc3ccc(COc4cccc5c4CN(C4CCC(=O)NC4=O)C5=O)cc3)c2)C=C(N2CCN(CCO)CC2)N1)c1ccccc1. The van der Waals surface area contributed by atoms with Crippen LogP contribution >= 0.6 is 0 Å². The number of fused-ring (bicyclic) bond motifs is 1. The van der Waals surface area contributed by atoms with E-state index in [4.69, 9.17) is 15.1 Å². The summed E-state index contributed by atoms with van der Waals surface area (Å²) in [5.41, 5.74) is 9.02. The molecule has 66 heavy (non-hydrogen) atoms. The van der Waals surface area contributed by atoms with Crippen LogP contribution in [0.3, 0.4) is 0 Å². The summed E-state index contributed by atoms with van der Waals surface area (Å²) in [5, 5.41) is 27.8. The maximum atomic E-state index is 13.2. The number of nitrogens with zero attached hydrogens (tertiary/aromatic N) is 4. The number of aliphatic hydroxyl groups excluding tert-OH is 1. The number of imide groups is 1. The maximum absolute atomic E-state index is 13.2. The number of piperidine rings is 1. The molecule has 0 radical (unpaired) electrons. The summed E-state index contributed by atoms with van der Waals surface area (Å²) in [6.07, 6.45) is 9.51. The summed E-state index contributed by atoms with van der Waals surface area (Å²) in [5.74, 6) is 1.38. The van der Waals surface area contributed by atoms with Crippen molar-refractivity contribution in [2.75, 3.05) is 45.9 Å². The lowest BCUT2D eigenvalue weighted by molar-refractivity contribution is -0.136. The molecule has 0 aliphatic carbocycles. The normalized spacial score (nSPS) is 18.3. The number of unbranched alkanes of at least 4 members (excludes halogenated alkanes) is 4. The van der Waals surface area contributed by atoms with Gasteiger partial charge in [-0.3, -0.25) is 24.6 Å². The number of rotatable bonds is 20. The number of hydrogen-bond acceptors (Lipinski definition) is 11. The summed E-state index contributed by atoms with van der Waals surface area (Å²) < 4.78 is 6.20. The van der Waals surface area contributed by atoms with Crippen LogP contribution in [-0.4, -0.2) is 101 Å². The lowest BCUT2D eigenvalue weighted by atomic mass is 9.99. The topological polar surface area (TPSA) is 163 Å². The number of aliphatic hydroxyl groups is 1. The van der Waals surface area contributed by atoms with Crippen molar-refractivity contribution in [2.24, 2.45) is 4.99 Å². The van der Waals surface area contributed by atoms with Crippen LogP contribution in [0.15, 0.2) is 120 Å². The third-order valence-electron chi connectivity index (χ3n) is 12.9. The van der Waals surface area contributed by atoms with Crippen LogP contribution in [0.4, 0.5) is 0 Å². The van der Waals surface area contributed by atoms with Crippen molar-refractivity contribution < 1.29 is 24.2 Å². The van der Waals surface area contributed by atoms with E-state index in [1.807, 2.05) is 43.3 Å². The molecule has 3 amide bonds. The standard InChI is InChI=1S/C53H62N8O5/c1-37(54)50(41-14-7-5-8-15-41)51-56-45(33-48(57-51)60-28-26-59(27-29-60)30-31-62)42-16-10-13-38(32-42)12-6-3-2-4-9-25-55-34-39-19-21-40(22-20-39)36-66-47-18-11-17-43-44(47)35-61(53(43)65)46-23-24-49(63)58-52(46)64/h5,7-8,10-11,13-22,32-33,46,54-55,57,62H,2-4,6,9,12,23-31,34-36H2,1H3,(H,58,63,64)/b51-50+,54-37?. The van der Waals surface area contributed by atoms with Gasteiger partial charge in [-0.2, -0.15) is 0 Å². The molecule has 0 spiro atoms. The summed E-state index contributed by atoms with van der Waals surface area (Å²) >= 11 is 0. The molecular formula is C53H62N8O5. The van der Waals surface area contributed by atoms with E-state index < -0.39 is 11.9 Å². The molecule has 4 aromatic rings. The second-order valence-corrected chi connectivity index (χ2v) is 17.6. The minimum Gasteiger partial charge on any atom is -0.489 e. The number of allylic oxidation sites excluding steroid dienone is 2. The third kappa shape index (κ3) is 11.5. The molecule has 4 aliphatic heterocycles. The smallest absolute Gasteiger partial charge is 0.255 e. The summed E-state index contributed by atoms with van der Waals surface area (Å²) in [6.45, 7) is 8.52. The minimum absolute atomic E-state index is 0.167. The molecule has 4 aromatic carbocycles. The van der Waals surface area contributed by atoms with Gasteiger partial charge in [0.2, 0.25) is 11.8 Å². The van der Waals surface area contributed by atoms with Crippen molar-refractivity contribution in [2.45, 2.75) is 84.0 Å². The highest BCUT2D eigenvalue weighted by Gasteiger charge is 2.40. The number of ether oxygens (including phenoxy) is 1. The molecule has 2 saturated heterocycles. The molecule has 0 saturated carbocycles. The highest BCUT2D eigenvalue weighted by atomic mass is 16.5. The number of β-amino-alcohol motifs (C(OH)–C–C–N with tert-alkyl or cyclic N) is 1. The number of nitrogens with one attached hydrogen (secondary N) is 4. The zero-order valence-corrected chi connectivity index (χ0v) is 38.0. The van der Waals surface area contributed by atoms with Crippen molar-refractivity contribution in [3.63, 3.8) is 0 Å². The van der Waals surface area contributed by atoms with E-state index in [2.05, 4.69) is 80.4 Å². The molecule has 8 rings (SSSR count). The fourth-order valence-corrected chi connectivity index (χ4v) is 9.23. The first-order valence-electron chi connectivity index (χ1n) is 23.5. The van der Waals surface area contributed by atoms with Gasteiger partial charge in [-0.05, 0) is 79.6 Å². The number of carbonyl (C=O) groups excluding carboxylic acids is 3. The van der Waals surface area contributed by atoms with Crippen molar-refractivity contribution in [1.29, 1.82) is 5.41 Å². The summed E-state index contributed by atoms with van der Waals surface area (Å²) in [4.78, 5) is 48.6. The number of piperazine rings is 1. The van der Waals surface area contributed by atoms with Crippen LogP contribution in [-0.2, 0) is 35.7 Å². The molecular weight excluding hydrogens is 829 g/mol. The Morgan fingerprint density at radius 3 is 2.38 bits per heavy atom. The van der Waals surface area contributed by atoms with Crippen molar-refractivity contribution in [3.05, 3.63) is 154 Å². The number of carbonyl (C=O) groups is 3. The van der Waals surface area contributed by atoms with Gasteiger partial charge in [0.15, 0.2) is 0 Å². The van der Waals surface area contributed by atoms with E-state index in [1.165, 1.54) is 30.4 Å². The highest BCUT2D eigenvalue weighted by molar-refractivity contribution is 6.23. The molecule has 1 atom stereocenters. The minimum atomic E-state index is -0.656. The number of aryl methyl sites for hydroxylation is 1. The van der Waals surface area contributed by atoms with Gasteiger partial charge in [-0.15, -0.1) is 0 Å². The number of amides is 3. The Hall–Kier alpha value is -6.41. The first-order chi connectivity index (χ1) is 32.2. The summed E-state index contributed by atoms with van der Waals surface area (Å²) in [7, 11) is 0. The zero-order chi connectivity index (χ0) is 45.8. The lowest BCUT2D eigenvalue weighted by Gasteiger charge is -2.38. The van der Waals surface area contributed by atoms with Gasteiger partial charge in [0, 0.05) is 79.7 Å². The van der Waals surface area contributed by atoms with Crippen LogP contribution in [0.1, 0.15) is 95.6 Å². The fourth-order valence-electron chi connectivity index (χ4n) is 9.23. The van der Waals surface area contributed by atoms with Crippen LogP contribution < -0.4 is 20.7 Å². The van der Waals surface area contributed by atoms with Gasteiger partial charge in [-0.1, -0.05) is 98.1 Å². The number of hydrogen-bond donors (Lipinski definition) is 5. The number of aliphatic imine (C=N–C) groups is 1. The lowest BCUT2D eigenvalue weighted by Crippen LogP contribution is -2.52. The summed E-state index contributed by atoms with van der Waals surface area (Å²) in [6, 6.07) is 32.0. The molecule has 2 fully saturated rings. The van der Waals surface area contributed by atoms with Crippen LogP contribution in [0.5, 0.6) is 5.75 Å². The average molecular weight is 891 g/mol. The quantitative estimate of drug-likeness (QED) is 0.0376. The largest absolute Gasteiger partial charge is 0.489 e. The second-order valence-electron chi connectivity index (χ2n) is 17.6. The molecule has 344 valence electrons. The predicted octanol–water partition coefficient (Wildman–Crippen LogP) is 6.56. The second kappa shape index (κ2) is 22.2. The van der Waals surface area contributed by atoms with E-state index in [9.17, 15) is 19.5 Å². The maximum Gasteiger partial charge on any atom is 0.255 e. The average Bonchev–Trinajstić information content (AvgIpc) is 3.67. The molecule has 4 aliphatic rings. The van der Waals surface area contributed by atoms with Gasteiger partial charge < -0.3 is 35.7 Å². The first-order valence-corrected chi connectivity index (χ1v) is 23.5. The molecule has 0 aromatic heterocycles. The Balaban J connectivity index is 0.769. The van der Waals surface area contributed by atoms with Crippen molar-refractivity contribution >= 4 is 34.7 Å². The van der Waals surface area contributed by atoms with Crippen LogP contribution in [0, 0.1) is 5.41 Å². The van der Waals surface area contributed by atoms with E-state index in [0.717, 1.165) is 97.9 Å². The van der Waals surface area contributed by atoms with Gasteiger partial charge in [0.25, 0.3) is 5.91 Å². The Labute approximate surface area is 388 Å². The highest BCUT2D eigenvalue weighted by Crippen LogP contribution is 2.34. The van der Waals surface area contributed by atoms with Crippen LogP contribution in [0.2, 0.25) is 0 Å². The van der Waals surface area contributed by atoms with Crippen molar-refractivity contribution in [3.8, 4) is 5.75 Å². The molecule has 4 heterocycles. The van der Waals surface area contributed by atoms with E-state index in [1.54, 1.807) is 17.0 Å². The zero-order valence-electron chi connectivity index (χ0n) is 38.0. The Bertz CT molecular complexity index is 2470. The van der Waals surface area contributed by atoms with Crippen molar-refractivity contribution in [1.82, 2.24) is 30.7 Å². The fraction of sp³-hybridized carbons (Fsp3) is 0.377. The predicted molar refractivity (Wildman–Crippen MR) is 258 cm³/mol. The van der Waals surface area contributed by atoms with Gasteiger partial charge >= 0.3 is 0 Å². The van der Waals surface area contributed by atoms with Gasteiger partial charge in [0.1, 0.15) is 30.0 Å². The first kappa shape index (κ1) is 46.1. The molecule has 13 nitrogen and oxygen atoms in total. The Kier molecular flexibility index (Phi) is 15.5. The molecule has 5 N–H and O–H groups in total. The van der Waals surface area contributed by atoms with E-state index in [-0.39, 0.29) is 31.4 Å². The molecule has 0 bridgehead atoms. The van der Waals surface area contributed by atoms with Gasteiger partial charge in [-0.25, -0.2) is 4.99 Å². The monoisotopic (exact) mass is 890 g/mol. The Morgan fingerprint density at radius 2 is 1.61 bits per heavy atom. The van der Waals surface area contributed by atoms with Gasteiger partial charge in [0.05, 0.1) is 18.9 Å². The van der Waals surface area contributed by atoms with E-state index in [0.29, 0.717) is 42.4 Å². The van der Waals surface area contributed by atoms with E-state index >= 15 is 0 Å². The molecule has 13 heteroatoms. The molecule has 1 unspecified atom stereocenters. The number of benzene rings is 4. The van der Waals surface area contributed by atoms with Crippen LogP contribution in [0.25, 0.3) is 5.57 Å². The third-order valence-corrected chi connectivity index (χ3v) is 12.9.